The fraction of sp³-hybridized carbons (Fsp3) is 0.294. The molecule has 3 heteroatoms. The molecule has 106 valence electrons. The Morgan fingerprint density at radius 2 is 1.85 bits per heavy atom. The molecule has 0 aromatic heterocycles. The van der Waals surface area contributed by atoms with Gasteiger partial charge < -0.3 is 5.32 Å². The van der Waals surface area contributed by atoms with Crippen molar-refractivity contribution < 1.29 is 4.39 Å². The zero-order chi connectivity index (χ0) is 14.5. The van der Waals surface area contributed by atoms with E-state index < -0.39 is 0 Å². The number of benzene rings is 2. The van der Waals surface area contributed by atoms with Gasteiger partial charge in [-0.05, 0) is 37.2 Å². The van der Waals surface area contributed by atoms with Crippen LogP contribution in [0.4, 0.5) is 4.39 Å². The molecule has 2 rings (SSSR count). The lowest BCUT2D eigenvalue weighted by Crippen LogP contribution is -2.24. The predicted octanol–water partition coefficient (Wildman–Crippen LogP) is 5.04. The molecule has 2 unspecified atom stereocenters. The molecule has 20 heavy (non-hydrogen) atoms. The third-order valence-corrected chi connectivity index (χ3v) is 4.17. The van der Waals surface area contributed by atoms with E-state index in [4.69, 9.17) is 0 Å². The van der Waals surface area contributed by atoms with E-state index in [2.05, 4.69) is 40.3 Å². The molecular formula is C17H19BrFN. The highest BCUT2D eigenvalue weighted by Crippen LogP contribution is 2.35. The number of halogens is 2. The van der Waals surface area contributed by atoms with Crippen LogP contribution >= 0.6 is 15.9 Å². The van der Waals surface area contributed by atoms with Gasteiger partial charge >= 0.3 is 0 Å². The number of hydrogen-bond acceptors (Lipinski definition) is 1. The molecule has 0 fully saturated rings. The first-order valence-electron chi connectivity index (χ1n) is 6.84. The minimum atomic E-state index is -0.165. The van der Waals surface area contributed by atoms with Crippen molar-refractivity contribution in [3.63, 3.8) is 0 Å². The van der Waals surface area contributed by atoms with Gasteiger partial charge in [-0.25, -0.2) is 4.39 Å². The number of likely N-dealkylation sites (N-methyl/N-ethyl adjacent to an activating group) is 1. The minimum Gasteiger partial charge on any atom is -0.312 e. The molecule has 0 amide bonds. The molecule has 2 aromatic rings. The minimum absolute atomic E-state index is 0.0418. The van der Waals surface area contributed by atoms with Crippen LogP contribution in [0.3, 0.4) is 0 Å². The Balaban J connectivity index is 2.42. The molecule has 0 spiro atoms. The summed E-state index contributed by atoms with van der Waals surface area (Å²) in [5.41, 5.74) is 1.94. The van der Waals surface area contributed by atoms with Crippen molar-refractivity contribution in [1.29, 1.82) is 0 Å². The van der Waals surface area contributed by atoms with Gasteiger partial charge in [-0.2, -0.15) is 0 Å². The maximum absolute atomic E-state index is 14.2. The Hall–Kier alpha value is -1.19. The Morgan fingerprint density at radius 3 is 2.45 bits per heavy atom. The van der Waals surface area contributed by atoms with Crippen LogP contribution in [-0.4, -0.2) is 7.05 Å². The summed E-state index contributed by atoms with van der Waals surface area (Å²) >= 11 is 3.43. The predicted molar refractivity (Wildman–Crippen MR) is 85.4 cm³/mol. The van der Waals surface area contributed by atoms with Gasteiger partial charge in [-0.15, -0.1) is 0 Å². The number of hydrogen-bond donors (Lipinski definition) is 1. The Labute approximate surface area is 128 Å². The van der Waals surface area contributed by atoms with Gasteiger partial charge in [0, 0.05) is 22.0 Å². The molecule has 0 radical (unpaired) electrons. The van der Waals surface area contributed by atoms with E-state index in [0.29, 0.717) is 5.56 Å². The quantitative estimate of drug-likeness (QED) is 0.806. The Bertz CT molecular complexity index is 556. The van der Waals surface area contributed by atoms with Crippen molar-refractivity contribution in [3.05, 3.63) is 69.9 Å². The highest BCUT2D eigenvalue weighted by Gasteiger charge is 2.24. The van der Waals surface area contributed by atoms with Crippen LogP contribution in [0.1, 0.15) is 36.4 Å². The molecule has 0 bridgehead atoms. The zero-order valence-corrected chi connectivity index (χ0v) is 13.3. The van der Waals surface area contributed by atoms with Crippen LogP contribution in [-0.2, 0) is 0 Å². The van der Waals surface area contributed by atoms with Crippen LogP contribution in [0.5, 0.6) is 0 Å². The van der Waals surface area contributed by atoms with Crippen molar-refractivity contribution in [2.24, 2.45) is 0 Å². The summed E-state index contributed by atoms with van der Waals surface area (Å²) in [4.78, 5) is 0. The first-order chi connectivity index (χ1) is 9.67. The summed E-state index contributed by atoms with van der Waals surface area (Å²) in [5.74, 6) is 0.0759. The summed E-state index contributed by atoms with van der Waals surface area (Å²) < 4.78 is 15.1. The van der Waals surface area contributed by atoms with E-state index in [1.165, 1.54) is 11.6 Å². The Morgan fingerprint density at radius 1 is 1.15 bits per heavy atom. The normalized spacial score (nSPS) is 14.0. The van der Waals surface area contributed by atoms with Gasteiger partial charge in [0.1, 0.15) is 5.82 Å². The van der Waals surface area contributed by atoms with Gasteiger partial charge in [-0.1, -0.05) is 53.2 Å². The summed E-state index contributed by atoms with van der Waals surface area (Å²) in [6, 6.07) is 15.3. The fourth-order valence-electron chi connectivity index (χ4n) is 2.69. The molecule has 0 saturated carbocycles. The summed E-state index contributed by atoms with van der Waals surface area (Å²) in [6.07, 6.45) is 0.946. The van der Waals surface area contributed by atoms with Crippen LogP contribution in [0.15, 0.2) is 53.0 Å². The average molecular weight is 336 g/mol. The topological polar surface area (TPSA) is 12.0 Å². The van der Waals surface area contributed by atoms with Gasteiger partial charge in [0.2, 0.25) is 0 Å². The van der Waals surface area contributed by atoms with Crippen LogP contribution in [0.2, 0.25) is 0 Å². The zero-order valence-electron chi connectivity index (χ0n) is 11.7. The molecule has 0 saturated heterocycles. The summed E-state index contributed by atoms with van der Waals surface area (Å²) in [5, 5.41) is 3.28. The average Bonchev–Trinajstić information content (AvgIpc) is 2.48. The Kier molecular flexibility index (Phi) is 5.32. The third kappa shape index (κ3) is 3.28. The molecule has 0 heterocycles. The smallest absolute Gasteiger partial charge is 0.128 e. The van der Waals surface area contributed by atoms with Gasteiger partial charge in [0.25, 0.3) is 0 Å². The molecule has 1 N–H and O–H groups in total. The van der Waals surface area contributed by atoms with E-state index in [1.807, 2.05) is 31.3 Å². The molecule has 0 aliphatic carbocycles. The lowest BCUT2D eigenvalue weighted by atomic mass is 9.85. The van der Waals surface area contributed by atoms with Crippen molar-refractivity contribution in [2.45, 2.75) is 25.3 Å². The first-order valence-corrected chi connectivity index (χ1v) is 7.63. The summed E-state index contributed by atoms with van der Waals surface area (Å²) in [7, 11) is 1.89. The van der Waals surface area contributed by atoms with Crippen LogP contribution in [0.25, 0.3) is 0 Å². The second-order valence-electron chi connectivity index (χ2n) is 4.86. The second kappa shape index (κ2) is 7.00. The van der Waals surface area contributed by atoms with Crippen LogP contribution < -0.4 is 5.32 Å². The van der Waals surface area contributed by atoms with E-state index in [9.17, 15) is 4.39 Å². The van der Waals surface area contributed by atoms with Crippen molar-refractivity contribution >= 4 is 15.9 Å². The van der Waals surface area contributed by atoms with Crippen molar-refractivity contribution in [3.8, 4) is 0 Å². The van der Waals surface area contributed by atoms with Crippen LogP contribution in [0, 0.1) is 5.82 Å². The molecule has 2 atom stereocenters. The number of rotatable bonds is 5. The summed E-state index contributed by atoms with van der Waals surface area (Å²) in [6.45, 7) is 2.14. The van der Waals surface area contributed by atoms with Crippen molar-refractivity contribution in [1.82, 2.24) is 5.32 Å². The SMILES string of the molecule is CCC(c1ccccc1)C(NC)c1cc(Br)ccc1F. The monoisotopic (exact) mass is 335 g/mol. The van der Waals surface area contributed by atoms with E-state index in [-0.39, 0.29) is 17.8 Å². The maximum Gasteiger partial charge on any atom is 0.128 e. The third-order valence-electron chi connectivity index (χ3n) is 3.67. The van der Waals surface area contributed by atoms with E-state index in [0.717, 1.165) is 10.9 Å². The highest BCUT2D eigenvalue weighted by atomic mass is 79.9. The van der Waals surface area contributed by atoms with Gasteiger partial charge in [0.15, 0.2) is 0 Å². The standard InChI is InChI=1S/C17H19BrFN/c1-3-14(12-7-5-4-6-8-12)17(20-2)15-11-13(18)9-10-16(15)19/h4-11,14,17,20H,3H2,1-2H3. The lowest BCUT2D eigenvalue weighted by Gasteiger charge is -2.27. The molecule has 2 aromatic carbocycles. The first kappa shape index (κ1) is 15.2. The van der Waals surface area contributed by atoms with E-state index >= 15 is 0 Å². The number of nitrogens with one attached hydrogen (secondary N) is 1. The molecule has 0 aliphatic rings. The van der Waals surface area contributed by atoms with E-state index in [1.54, 1.807) is 6.07 Å². The van der Waals surface area contributed by atoms with Crippen molar-refractivity contribution in [2.75, 3.05) is 7.05 Å². The maximum atomic E-state index is 14.2. The van der Waals surface area contributed by atoms with Gasteiger partial charge in [0.05, 0.1) is 0 Å². The van der Waals surface area contributed by atoms with Gasteiger partial charge in [-0.3, -0.25) is 0 Å². The fourth-order valence-corrected chi connectivity index (χ4v) is 3.07. The molecular weight excluding hydrogens is 317 g/mol. The molecule has 1 nitrogen and oxygen atoms in total. The second-order valence-corrected chi connectivity index (χ2v) is 5.77. The molecule has 0 aliphatic heterocycles. The largest absolute Gasteiger partial charge is 0.312 e. The lowest BCUT2D eigenvalue weighted by molar-refractivity contribution is 0.447. The highest BCUT2D eigenvalue weighted by molar-refractivity contribution is 9.10.